The highest BCUT2D eigenvalue weighted by molar-refractivity contribution is 9.10. The highest BCUT2D eigenvalue weighted by Crippen LogP contribution is 2.11. The van der Waals surface area contributed by atoms with Crippen molar-refractivity contribution >= 4 is 27.9 Å². The van der Waals surface area contributed by atoms with Crippen molar-refractivity contribution in [2.45, 2.75) is 0 Å². The quantitative estimate of drug-likeness (QED) is 0.591. The van der Waals surface area contributed by atoms with Gasteiger partial charge in [-0.05, 0) is 12.1 Å². The molecule has 1 aromatic rings. The molecule has 2 nitrogen and oxygen atoms in total. The van der Waals surface area contributed by atoms with E-state index < -0.39 is 0 Å². The van der Waals surface area contributed by atoms with Gasteiger partial charge in [-0.3, -0.25) is 10.2 Å². The number of hydrogen-bond donors (Lipinski definition) is 1. The van der Waals surface area contributed by atoms with Gasteiger partial charge < -0.3 is 0 Å². The molecule has 1 N–H and O–H groups in total. The Kier molecular flexibility index (Phi) is 2.54. The molecule has 0 unspecified atom stereocenters. The average molecular weight is 212 g/mol. The Morgan fingerprint density at radius 3 is 2.82 bits per heavy atom. The number of nitrogens with one attached hydrogen (secondary N) is 1. The van der Waals surface area contributed by atoms with Gasteiger partial charge in [0.1, 0.15) is 5.71 Å². The third kappa shape index (κ3) is 1.98. The number of carbonyl (C=O) groups is 1. The van der Waals surface area contributed by atoms with Gasteiger partial charge in [0.2, 0.25) is 0 Å². The van der Waals surface area contributed by atoms with Crippen LogP contribution in [0.5, 0.6) is 0 Å². The summed E-state index contributed by atoms with van der Waals surface area (Å²) in [4.78, 5) is 10.2. The number of carbonyl (C=O) groups excluding carboxylic acids is 1. The lowest BCUT2D eigenvalue weighted by Crippen LogP contribution is -1.98. The standard InChI is InChI=1S/C8H6BrNO/c9-7-3-1-2-6(4-7)8(10)5-11/h1-5,10H. The summed E-state index contributed by atoms with van der Waals surface area (Å²) in [5.74, 6) is 0. The normalized spacial score (nSPS) is 9.18. The first-order valence-electron chi connectivity index (χ1n) is 3.03. The van der Waals surface area contributed by atoms with Gasteiger partial charge in [0.05, 0.1) is 0 Å². The fourth-order valence-corrected chi connectivity index (χ4v) is 1.12. The molecule has 0 heterocycles. The molecule has 0 atom stereocenters. The predicted octanol–water partition coefficient (Wildman–Crippen LogP) is 2.02. The Balaban J connectivity index is 3.05. The zero-order valence-corrected chi connectivity index (χ0v) is 7.26. The second-order valence-electron chi connectivity index (χ2n) is 2.04. The predicted molar refractivity (Wildman–Crippen MR) is 47.0 cm³/mol. The molecule has 0 bridgehead atoms. The van der Waals surface area contributed by atoms with Crippen molar-refractivity contribution in [2.75, 3.05) is 0 Å². The molecule has 3 heteroatoms. The van der Waals surface area contributed by atoms with Gasteiger partial charge in [-0.2, -0.15) is 0 Å². The average Bonchev–Trinajstić information content (AvgIpc) is 2.03. The fourth-order valence-electron chi connectivity index (χ4n) is 0.724. The van der Waals surface area contributed by atoms with Gasteiger partial charge in [0.15, 0.2) is 6.29 Å². The van der Waals surface area contributed by atoms with Crippen molar-refractivity contribution in [1.82, 2.24) is 0 Å². The number of rotatable bonds is 2. The summed E-state index contributed by atoms with van der Waals surface area (Å²) in [5.41, 5.74) is 0.640. The summed E-state index contributed by atoms with van der Waals surface area (Å²) in [6.07, 6.45) is 0.530. The van der Waals surface area contributed by atoms with Gasteiger partial charge >= 0.3 is 0 Å². The highest BCUT2D eigenvalue weighted by atomic mass is 79.9. The van der Waals surface area contributed by atoms with E-state index in [9.17, 15) is 4.79 Å². The first-order chi connectivity index (χ1) is 5.24. The van der Waals surface area contributed by atoms with Gasteiger partial charge in [0.25, 0.3) is 0 Å². The van der Waals surface area contributed by atoms with Crippen LogP contribution < -0.4 is 0 Å². The zero-order chi connectivity index (χ0) is 8.27. The minimum absolute atomic E-state index is 0.00583. The first-order valence-corrected chi connectivity index (χ1v) is 3.83. The number of halogens is 1. The summed E-state index contributed by atoms with van der Waals surface area (Å²) >= 11 is 3.25. The van der Waals surface area contributed by atoms with E-state index in [1.807, 2.05) is 6.07 Å². The van der Waals surface area contributed by atoms with Crippen molar-refractivity contribution in [3.05, 3.63) is 34.3 Å². The summed E-state index contributed by atoms with van der Waals surface area (Å²) in [6, 6.07) is 7.09. The van der Waals surface area contributed by atoms with Crippen LogP contribution >= 0.6 is 15.9 Å². The van der Waals surface area contributed by atoms with E-state index in [0.717, 1.165) is 4.47 Å². The maximum absolute atomic E-state index is 10.2. The lowest BCUT2D eigenvalue weighted by atomic mass is 10.1. The first kappa shape index (κ1) is 8.14. The molecule has 0 fully saturated rings. The number of aldehydes is 1. The van der Waals surface area contributed by atoms with Gasteiger partial charge in [-0.25, -0.2) is 0 Å². The smallest absolute Gasteiger partial charge is 0.168 e. The third-order valence-corrected chi connectivity index (χ3v) is 1.75. The van der Waals surface area contributed by atoms with Crippen molar-refractivity contribution in [3.63, 3.8) is 0 Å². The van der Waals surface area contributed by atoms with Gasteiger partial charge in [-0.1, -0.05) is 28.1 Å². The molecule has 0 aliphatic carbocycles. The van der Waals surface area contributed by atoms with Gasteiger partial charge in [0, 0.05) is 10.0 Å². The molecule has 0 aromatic heterocycles. The second-order valence-corrected chi connectivity index (χ2v) is 2.96. The van der Waals surface area contributed by atoms with E-state index in [1.165, 1.54) is 0 Å². The van der Waals surface area contributed by atoms with Crippen LogP contribution in [0.15, 0.2) is 28.7 Å². The minimum atomic E-state index is 0.00583. The Bertz CT molecular complexity index is 296. The maximum Gasteiger partial charge on any atom is 0.168 e. The van der Waals surface area contributed by atoms with E-state index in [2.05, 4.69) is 15.9 Å². The third-order valence-electron chi connectivity index (χ3n) is 1.25. The molecule has 56 valence electrons. The van der Waals surface area contributed by atoms with E-state index in [0.29, 0.717) is 11.8 Å². The molecule has 0 radical (unpaired) electrons. The molecule has 0 aliphatic rings. The monoisotopic (exact) mass is 211 g/mol. The summed E-state index contributed by atoms with van der Waals surface area (Å²) in [6.45, 7) is 0. The zero-order valence-electron chi connectivity index (χ0n) is 5.67. The SMILES string of the molecule is N=C(C=O)c1cccc(Br)c1. The molecular formula is C8H6BrNO. The van der Waals surface area contributed by atoms with E-state index in [-0.39, 0.29) is 5.71 Å². The Morgan fingerprint density at radius 2 is 2.27 bits per heavy atom. The van der Waals surface area contributed by atoms with Crippen LogP contribution in [-0.4, -0.2) is 12.0 Å². The largest absolute Gasteiger partial charge is 0.297 e. The van der Waals surface area contributed by atoms with Crippen LogP contribution in [0.1, 0.15) is 5.56 Å². The fraction of sp³-hybridized carbons (Fsp3) is 0. The van der Waals surface area contributed by atoms with Crippen LogP contribution in [-0.2, 0) is 4.79 Å². The number of benzene rings is 1. The molecule has 0 amide bonds. The van der Waals surface area contributed by atoms with Crippen LogP contribution in [0.4, 0.5) is 0 Å². The number of hydrogen-bond acceptors (Lipinski definition) is 2. The highest BCUT2D eigenvalue weighted by Gasteiger charge is 1.97. The lowest BCUT2D eigenvalue weighted by molar-refractivity contribution is -0.102. The topological polar surface area (TPSA) is 40.9 Å². The van der Waals surface area contributed by atoms with Gasteiger partial charge in [-0.15, -0.1) is 0 Å². The van der Waals surface area contributed by atoms with Crippen LogP contribution in [0.3, 0.4) is 0 Å². The Hall–Kier alpha value is -0.960. The van der Waals surface area contributed by atoms with Crippen LogP contribution in [0, 0.1) is 5.41 Å². The molecule has 1 rings (SSSR count). The van der Waals surface area contributed by atoms with E-state index >= 15 is 0 Å². The Morgan fingerprint density at radius 1 is 1.55 bits per heavy atom. The molecular weight excluding hydrogens is 206 g/mol. The van der Waals surface area contributed by atoms with Crippen molar-refractivity contribution < 1.29 is 4.79 Å². The molecule has 1 aromatic carbocycles. The summed E-state index contributed by atoms with van der Waals surface area (Å²) < 4.78 is 0.876. The lowest BCUT2D eigenvalue weighted by Gasteiger charge is -1.95. The molecule has 0 saturated heterocycles. The molecule has 0 aliphatic heterocycles. The van der Waals surface area contributed by atoms with Crippen molar-refractivity contribution in [2.24, 2.45) is 0 Å². The summed E-state index contributed by atoms with van der Waals surface area (Å²) in [5, 5.41) is 7.19. The van der Waals surface area contributed by atoms with E-state index in [4.69, 9.17) is 5.41 Å². The molecule has 0 spiro atoms. The maximum atomic E-state index is 10.2. The molecule has 0 saturated carbocycles. The van der Waals surface area contributed by atoms with Crippen molar-refractivity contribution in [3.8, 4) is 0 Å². The summed E-state index contributed by atoms with van der Waals surface area (Å²) in [7, 11) is 0. The minimum Gasteiger partial charge on any atom is -0.297 e. The van der Waals surface area contributed by atoms with Crippen molar-refractivity contribution in [1.29, 1.82) is 5.41 Å². The van der Waals surface area contributed by atoms with Crippen LogP contribution in [0.25, 0.3) is 0 Å². The van der Waals surface area contributed by atoms with E-state index in [1.54, 1.807) is 18.2 Å². The Labute approximate surface area is 72.9 Å². The second kappa shape index (κ2) is 3.44. The van der Waals surface area contributed by atoms with Crippen LogP contribution in [0.2, 0.25) is 0 Å². The molecule has 11 heavy (non-hydrogen) atoms.